The molecular formula is C18H21NO2. The number of methoxy groups -OCH3 is 1. The smallest absolute Gasteiger partial charge is 0.125 e. The fraction of sp³-hybridized carbons (Fsp3) is 0.333. The lowest BCUT2D eigenvalue weighted by Gasteiger charge is -2.26. The van der Waals surface area contributed by atoms with Gasteiger partial charge in [-0.3, -0.25) is 0 Å². The summed E-state index contributed by atoms with van der Waals surface area (Å²) >= 11 is 0. The maximum Gasteiger partial charge on any atom is 0.125 e. The molecule has 0 aliphatic carbocycles. The molecule has 1 saturated heterocycles. The summed E-state index contributed by atoms with van der Waals surface area (Å²) in [6.07, 6.45) is 0.0526. The summed E-state index contributed by atoms with van der Waals surface area (Å²) in [5.41, 5.74) is 4.79. The normalized spacial score (nSPS) is 18.5. The summed E-state index contributed by atoms with van der Waals surface area (Å²) < 4.78 is 11.5. The lowest BCUT2D eigenvalue weighted by atomic mass is 9.95. The summed E-state index contributed by atoms with van der Waals surface area (Å²) in [6.45, 7) is 4.60. The van der Waals surface area contributed by atoms with Gasteiger partial charge in [0.2, 0.25) is 0 Å². The van der Waals surface area contributed by atoms with Gasteiger partial charge in [-0.1, -0.05) is 30.3 Å². The Hall–Kier alpha value is -1.84. The molecule has 3 nitrogen and oxygen atoms in total. The highest BCUT2D eigenvalue weighted by molar-refractivity contribution is 5.69. The minimum absolute atomic E-state index is 0.0526. The molecule has 0 aromatic heterocycles. The van der Waals surface area contributed by atoms with Crippen molar-refractivity contribution in [1.82, 2.24) is 5.32 Å². The van der Waals surface area contributed by atoms with Crippen LogP contribution in [0.25, 0.3) is 11.1 Å². The van der Waals surface area contributed by atoms with Crippen LogP contribution in [-0.4, -0.2) is 26.8 Å². The second kappa shape index (κ2) is 6.29. The maximum atomic E-state index is 5.89. The zero-order chi connectivity index (χ0) is 14.7. The summed E-state index contributed by atoms with van der Waals surface area (Å²) in [6, 6.07) is 14.8. The van der Waals surface area contributed by atoms with Crippen molar-refractivity contribution in [3.8, 4) is 16.9 Å². The van der Waals surface area contributed by atoms with Gasteiger partial charge >= 0.3 is 0 Å². The van der Waals surface area contributed by atoms with Gasteiger partial charge in [-0.15, -0.1) is 0 Å². The average Bonchev–Trinajstić information content (AvgIpc) is 2.56. The summed E-state index contributed by atoms with van der Waals surface area (Å²) in [7, 11) is 1.72. The van der Waals surface area contributed by atoms with Crippen molar-refractivity contribution in [1.29, 1.82) is 0 Å². The van der Waals surface area contributed by atoms with Crippen LogP contribution in [0.5, 0.6) is 5.75 Å². The molecule has 2 aromatic rings. The van der Waals surface area contributed by atoms with Gasteiger partial charge < -0.3 is 14.8 Å². The number of rotatable bonds is 3. The zero-order valence-electron chi connectivity index (χ0n) is 12.6. The third-order valence-electron chi connectivity index (χ3n) is 3.94. The molecule has 0 amide bonds. The van der Waals surface area contributed by atoms with E-state index in [0.717, 1.165) is 31.0 Å². The number of hydrogen-bond donors (Lipinski definition) is 1. The predicted octanol–water partition coefficient (Wildman–Crippen LogP) is 3.33. The Kier molecular flexibility index (Phi) is 4.23. The molecule has 0 saturated carbocycles. The fourth-order valence-corrected chi connectivity index (χ4v) is 2.82. The molecule has 1 aliphatic rings. The monoisotopic (exact) mass is 283 g/mol. The quantitative estimate of drug-likeness (QED) is 0.937. The molecule has 1 N–H and O–H groups in total. The van der Waals surface area contributed by atoms with Gasteiger partial charge in [-0.2, -0.15) is 0 Å². The Morgan fingerprint density at radius 2 is 2.00 bits per heavy atom. The van der Waals surface area contributed by atoms with Crippen molar-refractivity contribution in [3.63, 3.8) is 0 Å². The first kappa shape index (κ1) is 14.1. The van der Waals surface area contributed by atoms with E-state index in [0.29, 0.717) is 0 Å². The van der Waals surface area contributed by atoms with Crippen LogP contribution in [0.4, 0.5) is 0 Å². The van der Waals surface area contributed by atoms with Crippen molar-refractivity contribution >= 4 is 0 Å². The third kappa shape index (κ3) is 2.94. The third-order valence-corrected chi connectivity index (χ3v) is 3.94. The van der Waals surface area contributed by atoms with E-state index in [2.05, 4.69) is 48.6 Å². The molecule has 21 heavy (non-hydrogen) atoms. The molecule has 1 heterocycles. The molecule has 110 valence electrons. The molecule has 3 rings (SSSR count). The SMILES string of the molecule is COc1cc(C)c(-c2ccccc2)cc1C1CNCCO1. The van der Waals surface area contributed by atoms with Crippen LogP contribution in [0.1, 0.15) is 17.2 Å². The molecule has 0 radical (unpaired) electrons. The van der Waals surface area contributed by atoms with Gasteiger partial charge in [0.05, 0.1) is 19.8 Å². The van der Waals surface area contributed by atoms with E-state index >= 15 is 0 Å². The molecule has 1 atom stereocenters. The molecule has 0 bridgehead atoms. The van der Waals surface area contributed by atoms with E-state index in [1.54, 1.807) is 7.11 Å². The van der Waals surface area contributed by atoms with E-state index in [-0.39, 0.29) is 6.10 Å². The Morgan fingerprint density at radius 1 is 1.19 bits per heavy atom. The summed E-state index contributed by atoms with van der Waals surface area (Å²) in [4.78, 5) is 0. The molecular weight excluding hydrogens is 262 g/mol. The van der Waals surface area contributed by atoms with Crippen molar-refractivity contribution < 1.29 is 9.47 Å². The summed E-state index contributed by atoms with van der Waals surface area (Å²) in [5, 5.41) is 3.38. The lowest BCUT2D eigenvalue weighted by Crippen LogP contribution is -2.33. The van der Waals surface area contributed by atoms with Crippen LogP contribution < -0.4 is 10.1 Å². The topological polar surface area (TPSA) is 30.5 Å². The Morgan fingerprint density at radius 3 is 2.67 bits per heavy atom. The maximum absolute atomic E-state index is 5.89. The second-order valence-electron chi connectivity index (χ2n) is 5.34. The molecule has 2 aromatic carbocycles. The van der Waals surface area contributed by atoms with Crippen LogP contribution in [0, 0.1) is 6.92 Å². The van der Waals surface area contributed by atoms with Gasteiger partial charge in [0.1, 0.15) is 5.75 Å². The van der Waals surface area contributed by atoms with Crippen molar-refractivity contribution in [2.75, 3.05) is 26.8 Å². The molecule has 3 heteroatoms. The second-order valence-corrected chi connectivity index (χ2v) is 5.34. The predicted molar refractivity (Wildman–Crippen MR) is 84.7 cm³/mol. The largest absolute Gasteiger partial charge is 0.496 e. The number of morpholine rings is 1. The van der Waals surface area contributed by atoms with Gasteiger partial charge in [0, 0.05) is 18.7 Å². The van der Waals surface area contributed by atoms with Crippen molar-refractivity contribution in [2.45, 2.75) is 13.0 Å². The fourth-order valence-electron chi connectivity index (χ4n) is 2.82. The van der Waals surface area contributed by atoms with Gasteiger partial charge in [0.15, 0.2) is 0 Å². The van der Waals surface area contributed by atoms with Crippen LogP contribution >= 0.6 is 0 Å². The number of ether oxygens (including phenoxy) is 2. The highest BCUT2D eigenvalue weighted by atomic mass is 16.5. The average molecular weight is 283 g/mol. The first-order chi connectivity index (χ1) is 10.3. The minimum atomic E-state index is 0.0526. The van der Waals surface area contributed by atoms with E-state index in [1.165, 1.54) is 16.7 Å². The first-order valence-electron chi connectivity index (χ1n) is 7.36. The molecule has 1 unspecified atom stereocenters. The van der Waals surface area contributed by atoms with Crippen molar-refractivity contribution in [2.24, 2.45) is 0 Å². The minimum Gasteiger partial charge on any atom is -0.496 e. The Labute approximate surface area is 125 Å². The Bertz CT molecular complexity index is 604. The van der Waals surface area contributed by atoms with Crippen LogP contribution in [0.2, 0.25) is 0 Å². The highest BCUT2D eigenvalue weighted by Crippen LogP contribution is 2.35. The summed E-state index contributed by atoms with van der Waals surface area (Å²) in [5.74, 6) is 0.904. The number of nitrogens with one attached hydrogen (secondary N) is 1. The number of hydrogen-bond acceptors (Lipinski definition) is 3. The van der Waals surface area contributed by atoms with Gasteiger partial charge in [-0.05, 0) is 35.7 Å². The van der Waals surface area contributed by atoms with E-state index in [1.807, 2.05) is 6.07 Å². The highest BCUT2D eigenvalue weighted by Gasteiger charge is 2.21. The van der Waals surface area contributed by atoms with Crippen LogP contribution in [0.15, 0.2) is 42.5 Å². The first-order valence-corrected chi connectivity index (χ1v) is 7.36. The van der Waals surface area contributed by atoms with E-state index < -0.39 is 0 Å². The molecule has 1 fully saturated rings. The van der Waals surface area contributed by atoms with Crippen molar-refractivity contribution in [3.05, 3.63) is 53.6 Å². The lowest BCUT2D eigenvalue weighted by molar-refractivity contribution is 0.0263. The zero-order valence-corrected chi connectivity index (χ0v) is 12.6. The van der Waals surface area contributed by atoms with E-state index in [4.69, 9.17) is 9.47 Å². The standard InChI is InChI=1S/C18H21NO2/c1-13-10-17(20-2)16(18-12-19-8-9-21-18)11-15(13)14-6-4-3-5-7-14/h3-7,10-11,18-19H,8-9,12H2,1-2H3. The van der Waals surface area contributed by atoms with Crippen LogP contribution in [-0.2, 0) is 4.74 Å². The van der Waals surface area contributed by atoms with Gasteiger partial charge in [0.25, 0.3) is 0 Å². The molecule has 0 spiro atoms. The Balaban J connectivity index is 2.05. The van der Waals surface area contributed by atoms with Gasteiger partial charge in [-0.25, -0.2) is 0 Å². The number of aryl methyl sites for hydroxylation is 1. The number of benzene rings is 2. The van der Waals surface area contributed by atoms with E-state index in [9.17, 15) is 0 Å². The molecule has 1 aliphatic heterocycles. The van der Waals surface area contributed by atoms with Crippen LogP contribution in [0.3, 0.4) is 0 Å².